The van der Waals surface area contributed by atoms with Crippen LogP contribution in [0.3, 0.4) is 0 Å². The molecule has 2 heterocycles. The third-order valence-electron chi connectivity index (χ3n) is 5.35. The predicted octanol–water partition coefficient (Wildman–Crippen LogP) is 2.37. The second-order valence-corrected chi connectivity index (χ2v) is 8.14. The zero-order valence-corrected chi connectivity index (χ0v) is 15.9. The summed E-state index contributed by atoms with van der Waals surface area (Å²) in [5.74, 6) is -0.131. The van der Waals surface area contributed by atoms with Crippen molar-refractivity contribution in [2.45, 2.75) is 52.0 Å². The van der Waals surface area contributed by atoms with Gasteiger partial charge in [-0.1, -0.05) is 13.8 Å². The van der Waals surface area contributed by atoms with Gasteiger partial charge in [0.05, 0.1) is 24.1 Å². The van der Waals surface area contributed by atoms with Gasteiger partial charge in [-0.15, -0.1) is 0 Å². The Bertz CT molecular complexity index is 676. The van der Waals surface area contributed by atoms with E-state index < -0.39 is 11.4 Å². The zero-order valence-electron chi connectivity index (χ0n) is 15.9. The molecule has 26 heavy (non-hydrogen) atoms. The highest BCUT2D eigenvalue weighted by Gasteiger charge is 2.45. The highest BCUT2D eigenvalue weighted by atomic mass is 16.5. The maximum absolute atomic E-state index is 13.2. The van der Waals surface area contributed by atoms with Gasteiger partial charge >= 0.3 is 5.97 Å². The number of aliphatic carboxylic acids is 1. The van der Waals surface area contributed by atoms with Crippen molar-refractivity contribution in [1.29, 1.82) is 0 Å². The van der Waals surface area contributed by atoms with Crippen LogP contribution in [0.2, 0.25) is 0 Å². The largest absolute Gasteiger partial charge is 0.481 e. The van der Waals surface area contributed by atoms with Crippen LogP contribution in [-0.2, 0) is 16.1 Å². The standard InChI is InChI=1S/C19H29N3O4/c1-13(2)10-22-16(14-5-6-14)15(9-20-22)17(23)21-8-4-7-19(11-21,12-26-3)18(24)25/h9,13-14H,4-8,10-12H2,1-3H3,(H,24,25). The molecule has 1 unspecified atom stereocenters. The highest BCUT2D eigenvalue weighted by Crippen LogP contribution is 2.42. The van der Waals surface area contributed by atoms with Crippen LogP contribution in [0.15, 0.2) is 6.20 Å². The summed E-state index contributed by atoms with van der Waals surface area (Å²) in [5.41, 5.74) is 0.657. The lowest BCUT2D eigenvalue weighted by Crippen LogP contribution is -2.52. The Labute approximate surface area is 154 Å². The van der Waals surface area contributed by atoms with E-state index >= 15 is 0 Å². The van der Waals surface area contributed by atoms with Gasteiger partial charge in [0.25, 0.3) is 5.91 Å². The fourth-order valence-electron chi connectivity index (χ4n) is 3.94. The van der Waals surface area contributed by atoms with E-state index in [4.69, 9.17) is 4.74 Å². The highest BCUT2D eigenvalue weighted by molar-refractivity contribution is 5.96. The van der Waals surface area contributed by atoms with Crippen molar-refractivity contribution >= 4 is 11.9 Å². The fraction of sp³-hybridized carbons (Fsp3) is 0.737. The third-order valence-corrected chi connectivity index (χ3v) is 5.35. The molecule has 1 aromatic heterocycles. The van der Waals surface area contributed by atoms with Crippen LogP contribution in [0.5, 0.6) is 0 Å². The number of amides is 1. The predicted molar refractivity (Wildman–Crippen MR) is 96.1 cm³/mol. The molecule has 3 rings (SSSR count). The molecule has 1 aromatic rings. The number of carbonyl (C=O) groups excluding carboxylic acids is 1. The number of carboxylic acid groups (broad SMARTS) is 1. The molecule has 1 N–H and O–H groups in total. The van der Waals surface area contributed by atoms with Gasteiger partial charge in [-0.3, -0.25) is 14.3 Å². The topological polar surface area (TPSA) is 84.7 Å². The number of ether oxygens (including phenoxy) is 1. The summed E-state index contributed by atoms with van der Waals surface area (Å²) in [6, 6.07) is 0. The number of carboxylic acids is 1. The lowest BCUT2D eigenvalue weighted by Gasteiger charge is -2.39. The number of hydrogen-bond acceptors (Lipinski definition) is 4. The van der Waals surface area contributed by atoms with Crippen molar-refractivity contribution in [2.24, 2.45) is 11.3 Å². The number of piperidine rings is 1. The smallest absolute Gasteiger partial charge is 0.313 e. The lowest BCUT2D eigenvalue weighted by atomic mass is 9.80. The van der Waals surface area contributed by atoms with Crippen molar-refractivity contribution in [1.82, 2.24) is 14.7 Å². The SMILES string of the molecule is COCC1(C(=O)O)CCCN(C(=O)c2cnn(CC(C)C)c2C2CC2)C1. The van der Waals surface area contributed by atoms with Gasteiger partial charge in [0.1, 0.15) is 5.41 Å². The van der Waals surface area contributed by atoms with E-state index in [-0.39, 0.29) is 19.1 Å². The first-order chi connectivity index (χ1) is 12.4. The van der Waals surface area contributed by atoms with E-state index in [9.17, 15) is 14.7 Å². The second-order valence-electron chi connectivity index (χ2n) is 8.14. The van der Waals surface area contributed by atoms with Crippen LogP contribution < -0.4 is 0 Å². The van der Waals surface area contributed by atoms with Crippen LogP contribution in [0.1, 0.15) is 61.5 Å². The molecule has 1 saturated heterocycles. The normalized spacial score (nSPS) is 23.5. The molecule has 1 aliphatic heterocycles. The minimum atomic E-state index is -1.02. The molecule has 7 heteroatoms. The number of carbonyl (C=O) groups is 2. The second kappa shape index (κ2) is 7.39. The summed E-state index contributed by atoms with van der Waals surface area (Å²) < 4.78 is 7.14. The molecule has 7 nitrogen and oxygen atoms in total. The van der Waals surface area contributed by atoms with E-state index in [1.165, 1.54) is 7.11 Å². The Morgan fingerprint density at radius 1 is 1.42 bits per heavy atom. The molecule has 0 aromatic carbocycles. The Hall–Kier alpha value is -1.89. The Morgan fingerprint density at radius 3 is 2.73 bits per heavy atom. The summed E-state index contributed by atoms with van der Waals surface area (Å²) in [4.78, 5) is 26.7. The zero-order chi connectivity index (χ0) is 18.9. The summed E-state index contributed by atoms with van der Waals surface area (Å²) >= 11 is 0. The molecular weight excluding hydrogens is 334 g/mol. The molecule has 1 aliphatic carbocycles. The minimum Gasteiger partial charge on any atom is -0.481 e. The van der Waals surface area contributed by atoms with Crippen molar-refractivity contribution in [2.75, 3.05) is 26.8 Å². The van der Waals surface area contributed by atoms with Crippen LogP contribution in [0.25, 0.3) is 0 Å². The molecule has 144 valence electrons. The van der Waals surface area contributed by atoms with E-state index in [1.54, 1.807) is 11.1 Å². The Kier molecular flexibility index (Phi) is 5.37. The van der Waals surface area contributed by atoms with Crippen LogP contribution >= 0.6 is 0 Å². The molecule has 0 bridgehead atoms. The number of hydrogen-bond donors (Lipinski definition) is 1. The molecule has 2 aliphatic rings. The average molecular weight is 363 g/mol. The van der Waals surface area contributed by atoms with Crippen molar-refractivity contribution in [3.05, 3.63) is 17.5 Å². The van der Waals surface area contributed by atoms with Crippen molar-refractivity contribution in [3.8, 4) is 0 Å². The number of aromatic nitrogens is 2. The summed E-state index contributed by atoms with van der Waals surface area (Å²) in [7, 11) is 1.51. The summed E-state index contributed by atoms with van der Waals surface area (Å²) in [5, 5.41) is 14.2. The maximum Gasteiger partial charge on any atom is 0.313 e. The van der Waals surface area contributed by atoms with Crippen LogP contribution in [0, 0.1) is 11.3 Å². The van der Waals surface area contributed by atoms with Gasteiger partial charge in [0, 0.05) is 32.7 Å². The minimum absolute atomic E-state index is 0.0941. The first kappa shape index (κ1) is 18.9. The van der Waals surface area contributed by atoms with E-state index in [0.29, 0.717) is 36.8 Å². The average Bonchev–Trinajstić information content (AvgIpc) is 3.35. The molecule has 1 amide bonds. The first-order valence-corrected chi connectivity index (χ1v) is 9.45. The van der Waals surface area contributed by atoms with Crippen molar-refractivity contribution < 1.29 is 19.4 Å². The van der Waals surface area contributed by atoms with Gasteiger partial charge in [-0.05, 0) is 31.6 Å². The van der Waals surface area contributed by atoms with Gasteiger partial charge in [0.2, 0.25) is 0 Å². The van der Waals surface area contributed by atoms with Gasteiger partial charge in [-0.25, -0.2) is 0 Å². The number of rotatable bonds is 7. The van der Waals surface area contributed by atoms with Gasteiger partial charge in [-0.2, -0.15) is 5.10 Å². The molecule has 2 fully saturated rings. The molecular formula is C19H29N3O4. The quantitative estimate of drug-likeness (QED) is 0.804. The summed E-state index contributed by atoms with van der Waals surface area (Å²) in [6.45, 7) is 5.95. The fourth-order valence-corrected chi connectivity index (χ4v) is 3.94. The monoisotopic (exact) mass is 363 g/mol. The van der Waals surface area contributed by atoms with E-state index in [0.717, 1.165) is 25.1 Å². The van der Waals surface area contributed by atoms with Crippen molar-refractivity contribution in [3.63, 3.8) is 0 Å². The van der Waals surface area contributed by atoms with Crippen LogP contribution in [-0.4, -0.2) is 58.5 Å². The maximum atomic E-state index is 13.2. The van der Waals surface area contributed by atoms with E-state index in [1.807, 2.05) is 4.68 Å². The van der Waals surface area contributed by atoms with Gasteiger partial charge < -0.3 is 14.7 Å². The lowest BCUT2D eigenvalue weighted by molar-refractivity contribution is -0.155. The van der Waals surface area contributed by atoms with Gasteiger partial charge in [0.15, 0.2) is 0 Å². The molecule has 0 spiro atoms. The Balaban J connectivity index is 1.85. The molecule has 1 atom stereocenters. The molecule has 0 radical (unpaired) electrons. The summed E-state index contributed by atoms with van der Waals surface area (Å²) in [6.07, 6.45) is 5.05. The first-order valence-electron chi connectivity index (χ1n) is 9.45. The van der Waals surface area contributed by atoms with Crippen LogP contribution in [0.4, 0.5) is 0 Å². The third kappa shape index (κ3) is 3.63. The number of nitrogens with zero attached hydrogens (tertiary/aromatic N) is 3. The number of methoxy groups -OCH3 is 1. The van der Waals surface area contributed by atoms with E-state index in [2.05, 4.69) is 18.9 Å². The molecule has 1 saturated carbocycles. The number of likely N-dealkylation sites (tertiary alicyclic amines) is 1. The Morgan fingerprint density at radius 2 is 2.15 bits per heavy atom.